The highest BCUT2D eigenvalue weighted by atomic mass is 16.4. The Balaban J connectivity index is 1.99. The van der Waals surface area contributed by atoms with Gasteiger partial charge in [0.05, 0.1) is 0 Å². The molecule has 0 saturated carbocycles. The number of unbranched alkanes of at least 4 members (excludes halogenated alkanes) is 8. The molecule has 3 nitrogen and oxygen atoms in total. The third-order valence-corrected chi connectivity index (χ3v) is 5.12. The molecule has 1 heterocycles. The zero-order chi connectivity index (χ0) is 16.0. The van der Waals surface area contributed by atoms with Gasteiger partial charge < -0.3 is 10.4 Å². The average Bonchev–Trinajstić information content (AvgIpc) is 2.93. The minimum absolute atomic E-state index is 0.339. The van der Waals surface area contributed by atoms with Crippen molar-refractivity contribution in [2.24, 2.45) is 11.8 Å². The summed E-state index contributed by atoms with van der Waals surface area (Å²) in [4.78, 5) is 10.5. The van der Waals surface area contributed by atoms with E-state index in [1.807, 2.05) is 0 Å². The summed E-state index contributed by atoms with van der Waals surface area (Å²) >= 11 is 0. The minimum Gasteiger partial charge on any atom is -0.481 e. The topological polar surface area (TPSA) is 49.3 Å². The van der Waals surface area contributed by atoms with Crippen LogP contribution in [-0.4, -0.2) is 24.2 Å². The zero-order valence-corrected chi connectivity index (χ0v) is 14.6. The van der Waals surface area contributed by atoms with Crippen LogP contribution in [-0.2, 0) is 4.79 Å². The smallest absolute Gasteiger partial charge is 0.303 e. The van der Waals surface area contributed by atoms with Gasteiger partial charge >= 0.3 is 5.97 Å². The Hall–Kier alpha value is -0.570. The van der Waals surface area contributed by atoms with E-state index < -0.39 is 5.97 Å². The second-order valence-corrected chi connectivity index (χ2v) is 7.08. The number of carboxylic acids is 1. The van der Waals surface area contributed by atoms with Gasteiger partial charge in [-0.05, 0) is 44.2 Å². The Kier molecular flexibility index (Phi) is 11.4. The minimum atomic E-state index is -0.654. The summed E-state index contributed by atoms with van der Waals surface area (Å²) in [6.45, 7) is 4.70. The highest BCUT2D eigenvalue weighted by molar-refractivity contribution is 5.66. The third-order valence-electron chi connectivity index (χ3n) is 5.12. The van der Waals surface area contributed by atoms with Crippen molar-refractivity contribution in [3.63, 3.8) is 0 Å². The lowest BCUT2D eigenvalue weighted by molar-refractivity contribution is -0.137. The van der Waals surface area contributed by atoms with Gasteiger partial charge in [0.15, 0.2) is 0 Å². The van der Waals surface area contributed by atoms with Crippen LogP contribution >= 0.6 is 0 Å². The molecule has 0 spiro atoms. The monoisotopic (exact) mass is 311 g/mol. The molecular formula is C19H37NO2. The zero-order valence-electron chi connectivity index (χ0n) is 14.6. The summed E-state index contributed by atoms with van der Waals surface area (Å²) in [5, 5.41) is 12.2. The molecule has 0 radical (unpaired) electrons. The van der Waals surface area contributed by atoms with Crippen molar-refractivity contribution < 1.29 is 9.90 Å². The van der Waals surface area contributed by atoms with Gasteiger partial charge in [0.25, 0.3) is 0 Å². The van der Waals surface area contributed by atoms with Crippen LogP contribution in [0.2, 0.25) is 0 Å². The third kappa shape index (κ3) is 9.45. The van der Waals surface area contributed by atoms with Gasteiger partial charge in [0, 0.05) is 6.42 Å². The molecule has 22 heavy (non-hydrogen) atoms. The first-order chi connectivity index (χ1) is 10.7. The van der Waals surface area contributed by atoms with Crippen molar-refractivity contribution in [2.45, 2.75) is 90.4 Å². The Morgan fingerprint density at radius 2 is 1.36 bits per heavy atom. The molecule has 1 saturated heterocycles. The van der Waals surface area contributed by atoms with Crippen molar-refractivity contribution in [3.8, 4) is 0 Å². The first-order valence-corrected chi connectivity index (χ1v) is 9.66. The van der Waals surface area contributed by atoms with Gasteiger partial charge in [-0.25, -0.2) is 0 Å². The molecule has 1 rings (SSSR count). The van der Waals surface area contributed by atoms with E-state index >= 15 is 0 Å². The van der Waals surface area contributed by atoms with E-state index in [2.05, 4.69) is 12.2 Å². The lowest BCUT2D eigenvalue weighted by Gasteiger charge is -2.18. The van der Waals surface area contributed by atoms with Gasteiger partial charge in [0.1, 0.15) is 0 Å². The quantitative estimate of drug-likeness (QED) is 0.444. The van der Waals surface area contributed by atoms with Crippen LogP contribution in [0.25, 0.3) is 0 Å². The van der Waals surface area contributed by atoms with E-state index in [0.29, 0.717) is 6.42 Å². The first kappa shape index (κ1) is 19.5. The molecule has 1 aliphatic rings. The van der Waals surface area contributed by atoms with Gasteiger partial charge in [-0.15, -0.1) is 0 Å². The van der Waals surface area contributed by atoms with Crippen molar-refractivity contribution in [1.29, 1.82) is 0 Å². The lowest BCUT2D eigenvalue weighted by atomic mass is 9.86. The Bertz CT molecular complexity index is 281. The molecule has 0 aromatic heterocycles. The molecule has 3 heteroatoms. The van der Waals surface area contributed by atoms with Crippen molar-refractivity contribution in [2.75, 3.05) is 13.1 Å². The predicted molar refractivity (Wildman–Crippen MR) is 93.2 cm³/mol. The van der Waals surface area contributed by atoms with Gasteiger partial charge in [0.2, 0.25) is 0 Å². The molecule has 0 aliphatic carbocycles. The van der Waals surface area contributed by atoms with Crippen LogP contribution < -0.4 is 5.32 Å². The fourth-order valence-corrected chi connectivity index (χ4v) is 3.69. The van der Waals surface area contributed by atoms with Crippen molar-refractivity contribution in [1.82, 2.24) is 5.32 Å². The van der Waals surface area contributed by atoms with Crippen molar-refractivity contribution in [3.05, 3.63) is 0 Å². The highest BCUT2D eigenvalue weighted by Crippen LogP contribution is 2.27. The fraction of sp³-hybridized carbons (Fsp3) is 0.947. The summed E-state index contributed by atoms with van der Waals surface area (Å²) in [7, 11) is 0. The molecule has 0 bridgehead atoms. The molecule has 0 aromatic rings. The fourth-order valence-electron chi connectivity index (χ4n) is 3.69. The largest absolute Gasteiger partial charge is 0.481 e. The van der Waals surface area contributed by atoms with Crippen LogP contribution in [0.4, 0.5) is 0 Å². The number of hydrogen-bond acceptors (Lipinski definition) is 2. The van der Waals surface area contributed by atoms with Crippen LogP contribution in [0, 0.1) is 11.8 Å². The van der Waals surface area contributed by atoms with Crippen LogP contribution in [0.3, 0.4) is 0 Å². The summed E-state index contributed by atoms with van der Waals surface area (Å²) in [6, 6.07) is 0. The number of aliphatic carboxylic acids is 1. The molecule has 0 amide bonds. The number of nitrogens with one attached hydrogen (secondary N) is 1. The number of rotatable bonds is 14. The average molecular weight is 312 g/mol. The second kappa shape index (κ2) is 12.9. The Morgan fingerprint density at radius 3 is 1.91 bits per heavy atom. The standard InChI is InChI=1S/C19H37NO2/c1-2-3-4-5-6-9-12-17-15-20-16-18(17)13-10-7-8-11-14-19(21)22/h17-18,20H,2-16H2,1H3,(H,21,22). The highest BCUT2D eigenvalue weighted by Gasteiger charge is 2.25. The maximum Gasteiger partial charge on any atom is 0.303 e. The molecular weight excluding hydrogens is 274 g/mol. The molecule has 2 N–H and O–H groups in total. The van der Waals surface area contributed by atoms with Crippen molar-refractivity contribution >= 4 is 5.97 Å². The normalized spacial score (nSPS) is 21.3. The van der Waals surface area contributed by atoms with E-state index in [1.165, 1.54) is 77.3 Å². The SMILES string of the molecule is CCCCCCCCC1CNCC1CCCCCCC(=O)O. The summed E-state index contributed by atoms with van der Waals surface area (Å²) in [6.07, 6.45) is 15.9. The molecule has 0 aromatic carbocycles. The van der Waals surface area contributed by atoms with E-state index in [1.54, 1.807) is 0 Å². The van der Waals surface area contributed by atoms with Gasteiger partial charge in [-0.1, -0.05) is 64.7 Å². The number of carbonyl (C=O) groups is 1. The molecule has 1 fully saturated rings. The molecule has 2 atom stereocenters. The first-order valence-electron chi connectivity index (χ1n) is 9.66. The summed E-state index contributed by atoms with van der Waals surface area (Å²) < 4.78 is 0. The maximum absolute atomic E-state index is 10.5. The van der Waals surface area contributed by atoms with E-state index in [-0.39, 0.29) is 0 Å². The number of hydrogen-bond donors (Lipinski definition) is 2. The summed E-state index contributed by atoms with van der Waals surface area (Å²) in [5.74, 6) is 1.11. The predicted octanol–water partition coefficient (Wildman–Crippen LogP) is 5.00. The van der Waals surface area contributed by atoms with Gasteiger partial charge in [-0.2, -0.15) is 0 Å². The van der Waals surface area contributed by atoms with Crippen LogP contribution in [0.5, 0.6) is 0 Å². The van der Waals surface area contributed by atoms with Crippen LogP contribution in [0.1, 0.15) is 90.4 Å². The van der Waals surface area contributed by atoms with E-state index in [9.17, 15) is 4.79 Å². The van der Waals surface area contributed by atoms with Crippen LogP contribution in [0.15, 0.2) is 0 Å². The summed E-state index contributed by atoms with van der Waals surface area (Å²) in [5.41, 5.74) is 0. The molecule has 130 valence electrons. The second-order valence-electron chi connectivity index (χ2n) is 7.08. The van der Waals surface area contributed by atoms with E-state index in [0.717, 1.165) is 24.7 Å². The van der Waals surface area contributed by atoms with E-state index in [4.69, 9.17) is 5.11 Å². The lowest BCUT2D eigenvalue weighted by Crippen LogP contribution is -2.12. The number of carboxylic acid groups (broad SMARTS) is 1. The van der Waals surface area contributed by atoms with Gasteiger partial charge in [-0.3, -0.25) is 4.79 Å². The molecule has 1 aliphatic heterocycles. The Labute approximate surface area is 137 Å². The maximum atomic E-state index is 10.5. The Morgan fingerprint density at radius 1 is 0.864 bits per heavy atom. The molecule has 2 unspecified atom stereocenters.